The zero-order valence-corrected chi connectivity index (χ0v) is 10.5. The molecule has 3 N–H and O–H groups in total. The van der Waals surface area contributed by atoms with Crippen LogP contribution in [-0.2, 0) is 4.74 Å². The maximum absolute atomic E-state index is 5.53. The molecule has 0 radical (unpaired) electrons. The van der Waals surface area contributed by atoms with Gasteiger partial charge in [-0.05, 0) is 13.0 Å². The smallest absolute Gasteiger partial charge is 0.165 e. The summed E-state index contributed by atoms with van der Waals surface area (Å²) in [6, 6.07) is 5.55. The quantitative estimate of drug-likeness (QED) is 0.554. The van der Waals surface area contributed by atoms with Crippen molar-refractivity contribution >= 4 is 0 Å². The van der Waals surface area contributed by atoms with Crippen LogP contribution in [-0.4, -0.2) is 27.4 Å². The van der Waals surface area contributed by atoms with Gasteiger partial charge in [0, 0.05) is 12.2 Å². The van der Waals surface area contributed by atoms with E-state index < -0.39 is 0 Å². The second-order valence-electron chi connectivity index (χ2n) is 3.46. The lowest BCUT2D eigenvalue weighted by molar-refractivity contribution is 0.122. The first-order valence-corrected chi connectivity index (χ1v) is 5.53. The average Bonchev–Trinajstić information content (AvgIpc) is 2.39. The zero-order chi connectivity index (χ0) is 12.7. The number of benzene rings is 1. The van der Waals surface area contributed by atoms with Crippen LogP contribution in [0.25, 0.3) is 0 Å². The van der Waals surface area contributed by atoms with Crippen molar-refractivity contribution < 1.29 is 14.2 Å². The number of nitrogens with two attached hydrogens (primary N) is 1. The third-order valence-electron chi connectivity index (χ3n) is 2.50. The van der Waals surface area contributed by atoms with Crippen molar-refractivity contribution in [1.82, 2.24) is 5.43 Å². The molecule has 1 atom stereocenters. The van der Waals surface area contributed by atoms with E-state index in [2.05, 4.69) is 5.43 Å². The summed E-state index contributed by atoms with van der Waals surface area (Å²) in [7, 11) is 3.21. The highest BCUT2D eigenvalue weighted by molar-refractivity contribution is 5.48. The summed E-state index contributed by atoms with van der Waals surface area (Å²) in [5.41, 5.74) is 3.64. The fourth-order valence-corrected chi connectivity index (χ4v) is 1.65. The summed E-state index contributed by atoms with van der Waals surface area (Å²) < 4.78 is 16.0. The maximum atomic E-state index is 5.53. The minimum atomic E-state index is -0.125. The van der Waals surface area contributed by atoms with Crippen LogP contribution in [0, 0.1) is 0 Å². The molecule has 0 saturated carbocycles. The van der Waals surface area contributed by atoms with E-state index in [0.717, 1.165) is 5.56 Å². The van der Waals surface area contributed by atoms with Gasteiger partial charge in [-0.15, -0.1) is 0 Å². The van der Waals surface area contributed by atoms with Gasteiger partial charge in [0.15, 0.2) is 11.5 Å². The Bertz CT molecular complexity index is 345. The predicted octanol–water partition coefficient (Wildman–Crippen LogP) is 1.24. The average molecular weight is 240 g/mol. The standard InChI is InChI=1S/C12H20N2O3/c1-4-17-8-10(14-13)9-6-5-7-11(15-2)12(9)16-3/h5-7,10,14H,4,8,13H2,1-3H3. The Morgan fingerprint density at radius 3 is 2.59 bits per heavy atom. The monoisotopic (exact) mass is 240 g/mol. The Hall–Kier alpha value is -1.30. The molecule has 0 aliphatic rings. The maximum Gasteiger partial charge on any atom is 0.165 e. The second kappa shape index (κ2) is 7.11. The minimum Gasteiger partial charge on any atom is -0.493 e. The molecular weight excluding hydrogens is 220 g/mol. The van der Waals surface area contributed by atoms with Gasteiger partial charge in [-0.1, -0.05) is 12.1 Å². The van der Waals surface area contributed by atoms with Gasteiger partial charge in [0.1, 0.15) is 0 Å². The molecule has 0 fully saturated rings. The Balaban J connectivity index is 3.00. The van der Waals surface area contributed by atoms with E-state index in [0.29, 0.717) is 24.7 Å². The summed E-state index contributed by atoms with van der Waals surface area (Å²) >= 11 is 0. The first-order valence-electron chi connectivity index (χ1n) is 5.53. The van der Waals surface area contributed by atoms with Gasteiger partial charge in [-0.3, -0.25) is 11.3 Å². The molecule has 5 nitrogen and oxygen atoms in total. The van der Waals surface area contributed by atoms with Crippen LogP contribution in [0.3, 0.4) is 0 Å². The fourth-order valence-electron chi connectivity index (χ4n) is 1.65. The third kappa shape index (κ3) is 3.33. The molecule has 0 bridgehead atoms. The Morgan fingerprint density at radius 1 is 1.29 bits per heavy atom. The molecule has 17 heavy (non-hydrogen) atoms. The van der Waals surface area contributed by atoms with E-state index in [9.17, 15) is 0 Å². The molecule has 1 unspecified atom stereocenters. The molecule has 0 amide bonds. The predicted molar refractivity (Wildman–Crippen MR) is 66.1 cm³/mol. The second-order valence-corrected chi connectivity index (χ2v) is 3.46. The molecule has 1 rings (SSSR count). The summed E-state index contributed by atoms with van der Waals surface area (Å²) in [5.74, 6) is 6.89. The molecule has 0 heterocycles. The van der Waals surface area contributed by atoms with Crippen LogP contribution in [0.4, 0.5) is 0 Å². The van der Waals surface area contributed by atoms with E-state index in [4.69, 9.17) is 20.1 Å². The van der Waals surface area contributed by atoms with Gasteiger partial charge in [-0.2, -0.15) is 0 Å². The third-order valence-corrected chi connectivity index (χ3v) is 2.50. The van der Waals surface area contributed by atoms with Gasteiger partial charge in [0.2, 0.25) is 0 Å². The van der Waals surface area contributed by atoms with Crippen molar-refractivity contribution in [3.63, 3.8) is 0 Å². The highest BCUT2D eigenvalue weighted by atomic mass is 16.5. The van der Waals surface area contributed by atoms with Gasteiger partial charge in [0.05, 0.1) is 26.9 Å². The van der Waals surface area contributed by atoms with E-state index in [-0.39, 0.29) is 6.04 Å². The van der Waals surface area contributed by atoms with E-state index in [1.54, 1.807) is 14.2 Å². The van der Waals surface area contributed by atoms with Gasteiger partial charge >= 0.3 is 0 Å². The first kappa shape index (κ1) is 13.8. The van der Waals surface area contributed by atoms with Crippen molar-refractivity contribution in [3.8, 4) is 11.5 Å². The van der Waals surface area contributed by atoms with Gasteiger partial charge < -0.3 is 14.2 Å². The number of hydrazine groups is 1. The number of nitrogens with one attached hydrogen (secondary N) is 1. The minimum absolute atomic E-state index is 0.125. The Morgan fingerprint density at radius 2 is 2.06 bits per heavy atom. The summed E-state index contributed by atoms with van der Waals surface area (Å²) in [4.78, 5) is 0. The molecule has 1 aromatic rings. The van der Waals surface area contributed by atoms with Crippen molar-refractivity contribution in [2.24, 2.45) is 5.84 Å². The van der Waals surface area contributed by atoms with Crippen molar-refractivity contribution in [2.75, 3.05) is 27.4 Å². The fraction of sp³-hybridized carbons (Fsp3) is 0.500. The van der Waals surface area contributed by atoms with E-state index in [1.165, 1.54) is 0 Å². The Labute approximate surface area is 102 Å². The lowest BCUT2D eigenvalue weighted by atomic mass is 10.1. The van der Waals surface area contributed by atoms with E-state index >= 15 is 0 Å². The van der Waals surface area contributed by atoms with Crippen molar-refractivity contribution in [1.29, 1.82) is 0 Å². The lowest BCUT2D eigenvalue weighted by Crippen LogP contribution is -2.31. The summed E-state index contributed by atoms with van der Waals surface area (Å²) in [5, 5.41) is 0. The molecule has 5 heteroatoms. The van der Waals surface area contributed by atoms with Crippen LogP contribution in [0.1, 0.15) is 18.5 Å². The first-order chi connectivity index (χ1) is 8.28. The number of hydrogen-bond donors (Lipinski definition) is 2. The highest BCUT2D eigenvalue weighted by Gasteiger charge is 2.17. The van der Waals surface area contributed by atoms with E-state index in [1.807, 2.05) is 25.1 Å². The number of hydrogen-bond acceptors (Lipinski definition) is 5. The molecule has 0 spiro atoms. The number of para-hydroxylation sites is 1. The molecule has 0 aliphatic heterocycles. The zero-order valence-electron chi connectivity index (χ0n) is 10.5. The Kier molecular flexibility index (Phi) is 5.76. The largest absolute Gasteiger partial charge is 0.493 e. The number of ether oxygens (including phenoxy) is 3. The molecule has 1 aromatic carbocycles. The molecular formula is C12H20N2O3. The van der Waals surface area contributed by atoms with Gasteiger partial charge in [-0.25, -0.2) is 0 Å². The van der Waals surface area contributed by atoms with Crippen LogP contribution in [0.5, 0.6) is 11.5 Å². The molecule has 0 saturated heterocycles. The topological polar surface area (TPSA) is 65.7 Å². The van der Waals surface area contributed by atoms with Crippen LogP contribution in [0.2, 0.25) is 0 Å². The normalized spacial score (nSPS) is 12.2. The highest BCUT2D eigenvalue weighted by Crippen LogP contribution is 2.34. The summed E-state index contributed by atoms with van der Waals surface area (Å²) in [6.45, 7) is 3.07. The molecule has 96 valence electrons. The van der Waals surface area contributed by atoms with Crippen LogP contribution >= 0.6 is 0 Å². The van der Waals surface area contributed by atoms with Crippen molar-refractivity contribution in [3.05, 3.63) is 23.8 Å². The van der Waals surface area contributed by atoms with Crippen LogP contribution in [0.15, 0.2) is 18.2 Å². The number of rotatable bonds is 7. The lowest BCUT2D eigenvalue weighted by Gasteiger charge is -2.20. The molecule has 0 aromatic heterocycles. The van der Waals surface area contributed by atoms with Crippen molar-refractivity contribution in [2.45, 2.75) is 13.0 Å². The number of methoxy groups -OCH3 is 2. The SMILES string of the molecule is CCOCC(NN)c1cccc(OC)c1OC. The van der Waals surface area contributed by atoms with Crippen LogP contribution < -0.4 is 20.7 Å². The summed E-state index contributed by atoms with van der Waals surface area (Å²) in [6.07, 6.45) is 0. The molecule has 0 aliphatic carbocycles. The van der Waals surface area contributed by atoms with Gasteiger partial charge in [0.25, 0.3) is 0 Å².